The number of amides is 5. The van der Waals surface area contributed by atoms with Gasteiger partial charge < -0.3 is 10.1 Å². The number of rotatable bonds is 7. The van der Waals surface area contributed by atoms with E-state index in [4.69, 9.17) is 0 Å². The average Bonchev–Trinajstić information content (AvgIpc) is 3.24. The molecule has 2 saturated heterocycles. The van der Waals surface area contributed by atoms with Gasteiger partial charge in [0, 0.05) is 24.1 Å². The number of aldehydes is 1. The molecule has 0 radical (unpaired) electrons. The zero-order valence-electron chi connectivity index (χ0n) is 19.1. The standard InChI is InChI=1S/C23H25N5O6S/c1-14(30)11-16(13-29)24-21(32)17-6-4-9-27-20(31)8-10-26(23(34)28(17)27)25-22(33)19-12-15-5-2-3-7-18(15)35-19/h2-3,5,7,12-13,16-17H,4,6,8-11H2,1H3,(H,24,32)(H,25,33)/t16-,17-/m0/s1. The van der Waals surface area contributed by atoms with Gasteiger partial charge in [0.15, 0.2) is 0 Å². The van der Waals surface area contributed by atoms with Gasteiger partial charge in [-0.05, 0) is 37.3 Å². The molecule has 2 N–H and O–H groups in total. The minimum Gasteiger partial charge on any atom is -0.344 e. The number of hydrazine groups is 2. The van der Waals surface area contributed by atoms with Crippen LogP contribution >= 0.6 is 11.3 Å². The first-order valence-corrected chi connectivity index (χ1v) is 12.1. The number of thiophene rings is 1. The first-order valence-electron chi connectivity index (χ1n) is 11.2. The Labute approximate surface area is 205 Å². The van der Waals surface area contributed by atoms with E-state index >= 15 is 0 Å². The summed E-state index contributed by atoms with van der Waals surface area (Å²) < 4.78 is 0.921. The highest BCUT2D eigenvalue weighted by molar-refractivity contribution is 7.20. The molecule has 2 fully saturated rings. The number of Topliss-reactive ketones (excluding diaryl/α,β-unsaturated/α-hetero) is 1. The van der Waals surface area contributed by atoms with Crippen LogP contribution < -0.4 is 10.7 Å². The quantitative estimate of drug-likeness (QED) is 0.550. The van der Waals surface area contributed by atoms with Crippen LogP contribution in [0.15, 0.2) is 30.3 Å². The molecule has 2 aliphatic heterocycles. The van der Waals surface area contributed by atoms with E-state index in [9.17, 15) is 28.8 Å². The molecule has 12 heteroatoms. The highest BCUT2D eigenvalue weighted by atomic mass is 32.1. The van der Waals surface area contributed by atoms with Gasteiger partial charge in [0.05, 0.1) is 17.5 Å². The third-order valence-corrected chi connectivity index (χ3v) is 6.97. The SMILES string of the molecule is CC(=O)C[C@@H](C=O)NC(=O)[C@@H]1CCCN2C(=O)CCN(NC(=O)c3cc4ccccc4s3)C(=O)N12. The van der Waals surface area contributed by atoms with Crippen LogP contribution in [0.3, 0.4) is 0 Å². The molecule has 2 atom stereocenters. The summed E-state index contributed by atoms with van der Waals surface area (Å²) in [6.07, 6.45) is 0.985. The second-order valence-electron chi connectivity index (χ2n) is 8.45. The normalized spacial score (nSPS) is 19.1. The predicted molar refractivity (Wildman–Crippen MR) is 126 cm³/mol. The Morgan fingerprint density at radius 1 is 1.20 bits per heavy atom. The lowest BCUT2D eigenvalue weighted by molar-refractivity contribution is -0.155. The Hall–Kier alpha value is -3.80. The molecule has 3 heterocycles. The summed E-state index contributed by atoms with van der Waals surface area (Å²) in [5.74, 6) is -1.78. The lowest BCUT2D eigenvalue weighted by atomic mass is 10.1. The number of carbonyl (C=O) groups excluding carboxylic acids is 6. The fraction of sp³-hybridized carbons (Fsp3) is 0.391. The second-order valence-corrected chi connectivity index (χ2v) is 9.53. The lowest BCUT2D eigenvalue weighted by Gasteiger charge is -2.42. The molecule has 5 amide bonds. The van der Waals surface area contributed by atoms with Crippen molar-refractivity contribution >= 4 is 57.2 Å². The Morgan fingerprint density at radius 2 is 1.97 bits per heavy atom. The smallest absolute Gasteiger partial charge is 0.344 e. The lowest BCUT2D eigenvalue weighted by Crippen LogP contribution is -2.64. The Balaban J connectivity index is 1.54. The Kier molecular flexibility index (Phi) is 7.10. The van der Waals surface area contributed by atoms with E-state index in [1.165, 1.54) is 23.3 Å². The largest absolute Gasteiger partial charge is 0.358 e. The number of fused-ring (bicyclic) bond motifs is 2. The summed E-state index contributed by atoms with van der Waals surface area (Å²) in [6, 6.07) is 6.40. The minimum absolute atomic E-state index is 0.0371. The summed E-state index contributed by atoms with van der Waals surface area (Å²) >= 11 is 1.28. The van der Waals surface area contributed by atoms with Gasteiger partial charge in [0.1, 0.15) is 18.1 Å². The number of urea groups is 1. The highest BCUT2D eigenvalue weighted by Crippen LogP contribution is 2.26. The molecule has 1 aromatic heterocycles. The van der Waals surface area contributed by atoms with Crippen molar-refractivity contribution in [2.24, 2.45) is 0 Å². The molecule has 0 bridgehead atoms. The number of ketones is 1. The van der Waals surface area contributed by atoms with Gasteiger partial charge in [-0.25, -0.2) is 19.8 Å². The summed E-state index contributed by atoms with van der Waals surface area (Å²) in [5.41, 5.74) is 2.58. The number of nitrogens with zero attached hydrogens (tertiary/aromatic N) is 3. The van der Waals surface area contributed by atoms with Gasteiger partial charge >= 0.3 is 6.03 Å². The van der Waals surface area contributed by atoms with Gasteiger partial charge in [-0.3, -0.25) is 24.6 Å². The van der Waals surface area contributed by atoms with Crippen molar-refractivity contribution in [3.8, 4) is 0 Å². The van der Waals surface area contributed by atoms with E-state index in [2.05, 4.69) is 10.7 Å². The molecule has 35 heavy (non-hydrogen) atoms. The van der Waals surface area contributed by atoms with Crippen LogP contribution in [-0.2, 0) is 19.2 Å². The van der Waals surface area contributed by atoms with Crippen molar-refractivity contribution in [1.82, 2.24) is 25.8 Å². The van der Waals surface area contributed by atoms with Gasteiger partial charge in [-0.1, -0.05) is 18.2 Å². The number of hydrogen-bond acceptors (Lipinski definition) is 7. The van der Waals surface area contributed by atoms with Crippen molar-refractivity contribution in [2.45, 2.75) is 44.7 Å². The van der Waals surface area contributed by atoms with Crippen molar-refractivity contribution in [3.05, 3.63) is 35.2 Å². The maximum absolute atomic E-state index is 13.5. The van der Waals surface area contributed by atoms with Crippen molar-refractivity contribution in [2.75, 3.05) is 13.1 Å². The molecule has 0 saturated carbocycles. The van der Waals surface area contributed by atoms with Crippen LogP contribution in [0.1, 0.15) is 42.3 Å². The summed E-state index contributed by atoms with van der Waals surface area (Å²) in [6.45, 7) is 1.49. The molecule has 11 nitrogen and oxygen atoms in total. The molecule has 2 aliphatic rings. The number of benzene rings is 1. The van der Waals surface area contributed by atoms with Crippen molar-refractivity contribution in [3.63, 3.8) is 0 Å². The molecular formula is C23H25N5O6S. The molecule has 0 aliphatic carbocycles. The van der Waals surface area contributed by atoms with E-state index < -0.39 is 29.9 Å². The zero-order chi connectivity index (χ0) is 25.1. The van der Waals surface area contributed by atoms with Crippen LogP contribution in [0.5, 0.6) is 0 Å². The maximum atomic E-state index is 13.5. The number of nitrogens with one attached hydrogen (secondary N) is 2. The van der Waals surface area contributed by atoms with Gasteiger partial charge in [-0.15, -0.1) is 11.3 Å². The van der Waals surface area contributed by atoms with E-state index in [-0.39, 0.29) is 44.0 Å². The van der Waals surface area contributed by atoms with Crippen LogP contribution in [0.25, 0.3) is 10.1 Å². The first kappa shape index (κ1) is 24.3. The average molecular weight is 500 g/mol. The molecule has 184 valence electrons. The molecule has 0 unspecified atom stereocenters. The maximum Gasteiger partial charge on any atom is 0.358 e. The third-order valence-electron chi connectivity index (χ3n) is 5.85. The van der Waals surface area contributed by atoms with Crippen LogP contribution in [0, 0.1) is 0 Å². The Bertz CT molecular complexity index is 1160. The van der Waals surface area contributed by atoms with Crippen LogP contribution in [0.2, 0.25) is 0 Å². The number of hydrogen-bond donors (Lipinski definition) is 2. The molecule has 0 spiro atoms. The summed E-state index contributed by atoms with van der Waals surface area (Å²) in [5, 5.41) is 6.71. The fourth-order valence-corrected chi connectivity index (χ4v) is 5.16. The third kappa shape index (κ3) is 5.16. The zero-order valence-corrected chi connectivity index (χ0v) is 19.9. The summed E-state index contributed by atoms with van der Waals surface area (Å²) in [4.78, 5) is 75.3. The Morgan fingerprint density at radius 3 is 2.69 bits per heavy atom. The number of carbonyl (C=O) groups is 6. The second kappa shape index (κ2) is 10.2. The fourth-order valence-electron chi connectivity index (χ4n) is 4.21. The van der Waals surface area contributed by atoms with Gasteiger partial charge in [0.2, 0.25) is 11.8 Å². The monoisotopic (exact) mass is 499 g/mol. The van der Waals surface area contributed by atoms with E-state index in [0.717, 1.165) is 20.1 Å². The predicted octanol–water partition coefficient (Wildman–Crippen LogP) is 1.24. The van der Waals surface area contributed by atoms with E-state index in [1.54, 1.807) is 6.07 Å². The molecule has 2 aromatic rings. The molecule has 1 aromatic carbocycles. The summed E-state index contributed by atoms with van der Waals surface area (Å²) in [7, 11) is 0. The van der Waals surface area contributed by atoms with Crippen molar-refractivity contribution in [1.29, 1.82) is 0 Å². The van der Waals surface area contributed by atoms with Gasteiger partial charge in [0.25, 0.3) is 5.91 Å². The van der Waals surface area contributed by atoms with E-state index in [0.29, 0.717) is 17.6 Å². The van der Waals surface area contributed by atoms with Gasteiger partial charge in [-0.2, -0.15) is 0 Å². The van der Waals surface area contributed by atoms with Crippen LogP contribution in [-0.4, -0.2) is 76.0 Å². The van der Waals surface area contributed by atoms with Crippen LogP contribution in [0.4, 0.5) is 4.79 Å². The molecular weight excluding hydrogens is 474 g/mol. The first-order chi connectivity index (χ1) is 16.8. The van der Waals surface area contributed by atoms with E-state index in [1.807, 2.05) is 24.3 Å². The highest BCUT2D eigenvalue weighted by Gasteiger charge is 2.44. The molecule has 4 rings (SSSR count). The van der Waals surface area contributed by atoms with Crippen molar-refractivity contribution < 1.29 is 28.8 Å². The minimum atomic E-state index is -1.07. The topological polar surface area (TPSA) is 136 Å².